The molecule has 0 saturated carbocycles. The van der Waals surface area contributed by atoms with Crippen molar-refractivity contribution in [3.05, 3.63) is 36.0 Å². The van der Waals surface area contributed by atoms with Crippen molar-refractivity contribution in [2.24, 2.45) is 0 Å². The molecular formula is C23H33N3O4. The van der Waals surface area contributed by atoms with E-state index in [0.29, 0.717) is 13.1 Å². The van der Waals surface area contributed by atoms with Gasteiger partial charge in [0.15, 0.2) is 0 Å². The van der Waals surface area contributed by atoms with E-state index in [4.69, 9.17) is 9.47 Å². The summed E-state index contributed by atoms with van der Waals surface area (Å²) in [5, 5.41) is 1.01. The molecular weight excluding hydrogens is 382 g/mol. The number of fused-ring (bicyclic) bond motifs is 1. The van der Waals surface area contributed by atoms with Gasteiger partial charge in [-0.15, -0.1) is 0 Å². The lowest BCUT2D eigenvalue weighted by Crippen LogP contribution is -2.49. The number of ether oxygens (including phenoxy) is 2. The molecule has 1 aliphatic heterocycles. The number of hydrogen-bond donors (Lipinski definition) is 0. The highest BCUT2D eigenvalue weighted by atomic mass is 16.6. The molecule has 0 radical (unpaired) electrons. The molecule has 30 heavy (non-hydrogen) atoms. The molecule has 1 aromatic heterocycles. The van der Waals surface area contributed by atoms with Crippen LogP contribution in [0.2, 0.25) is 0 Å². The summed E-state index contributed by atoms with van der Waals surface area (Å²) < 4.78 is 12.5. The highest BCUT2D eigenvalue weighted by Gasteiger charge is 2.26. The average Bonchev–Trinajstić information content (AvgIpc) is 3.03. The van der Waals surface area contributed by atoms with Crippen LogP contribution in [0.15, 0.2) is 30.5 Å². The van der Waals surface area contributed by atoms with Gasteiger partial charge in [-0.2, -0.15) is 0 Å². The summed E-state index contributed by atoms with van der Waals surface area (Å²) in [6.07, 6.45) is 1.14. The van der Waals surface area contributed by atoms with Crippen molar-refractivity contribution >= 4 is 23.1 Å². The SMILES string of the molecule is CC(C)(C)OC(=O)N1CCN(Cc2ccc3c(ccn3C(=O)OC(C)(C)C)c2)CC1. The Morgan fingerprint density at radius 2 is 1.47 bits per heavy atom. The van der Waals surface area contributed by atoms with Gasteiger partial charge in [0.05, 0.1) is 5.52 Å². The van der Waals surface area contributed by atoms with E-state index in [-0.39, 0.29) is 12.2 Å². The van der Waals surface area contributed by atoms with Gasteiger partial charge in [-0.3, -0.25) is 9.47 Å². The van der Waals surface area contributed by atoms with E-state index in [0.717, 1.165) is 30.5 Å². The standard InChI is InChI=1S/C23H33N3O4/c1-22(2,3)29-20(27)25-13-11-24(12-14-25)16-17-7-8-19-18(15-17)9-10-26(19)21(28)30-23(4,5)6/h7-10,15H,11-14,16H2,1-6H3. The molecule has 7 heteroatoms. The summed E-state index contributed by atoms with van der Waals surface area (Å²) >= 11 is 0. The van der Waals surface area contributed by atoms with Crippen LogP contribution in [0.1, 0.15) is 47.1 Å². The molecule has 0 atom stereocenters. The van der Waals surface area contributed by atoms with Crippen molar-refractivity contribution in [3.8, 4) is 0 Å². The zero-order valence-corrected chi connectivity index (χ0v) is 18.9. The fraction of sp³-hybridized carbons (Fsp3) is 0.565. The van der Waals surface area contributed by atoms with Crippen LogP contribution in [0, 0.1) is 0 Å². The van der Waals surface area contributed by atoms with E-state index in [9.17, 15) is 9.59 Å². The molecule has 1 amide bonds. The first-order chi connectivity index (χ1) is 13.9. The number of carbonyl (C=O) groups excluding carboxylic acids is 2. The fourth-order valence-corrected chi connectivity index (χ4v) is 3.43. The van der Waals surface area contributed by atoms with Crippen LogP contribution in [0.4, 0.5) is 9.59 Å². The molecule has 0 unspecified atom stereocenters. The Kier molecular flexibility index (Phi) is 6.13. The Bertz CT molecular complexity index is 913. The molecule has 164 valence electrons. The van der Waals surface area contributed by atoms with E-state index < -0.39 is 11.2 Å². The Balaban J connectivity index is 1.60. The molecule has 1 aromatic carbocycles. The first-order valence-corrected chi connectivity index (χ1v) is 10.4. The molecule has 1 fully saturated rings. The number of nitrogens with zero attached hydrogens (tertiary/aromatic N) is 3. The Hall–Kier alpha value is -2.54. The zero-order valence-electron chi connectivity index (χ0n) is 18.9. The third kappa shape index (κ3) is 5.75. The highest BCUT2D eigenvalue weighted by Crippen LogP contribution is 2.21. The lowest BCUT2D eigenvalue weighted by molar-refractivity contribution is 0.0139. The van der Waals surface area contributed by atoms with E-state index in [1.54, 1.807) is 15.7 Å². The first kappa shape index (κ1) is 22.2. The first-order valence-electron chi connectivity index (χ1n) is 10.4. The van der Waals surface area contributed by atoms with E-state index in [1.165, 1.54) is 5.56 Å². The maximum Gasteiger partial charge on any atom is 0.418 e. The van der Waals surface area contributed by atoms with Crippen LogP contribution in [0.5, 0.6) is 0 Å². The summed E-state index contributed by atoms with van der Waals surface area (Å²) in [4.78, 5) is 28.7. The molecule has 0 aliphatic carbocycles. The predicted octanol–water partition coefficient (Wildman–Crippen LogP) is 4.48. The van der Waals surface area contributed by atoms with Gasteiger partial charge in [0.25, 0.3) is 0 Å². The molecule has 0 bridgehead atoms. The molecule has 0 N–H and O–H groups in total. The van der Waals surface area contributed by atoms with Gasteiger partial charge in [0.1, 0.15) is 11.2 Å². The van der Waals surface area contributed by atoms with Crippen molar-refractivity contribution in [1.82, 2.24) is 14.4 Å². The van der Waals surface area contributed by atoms with Crippen molar-refractivity contribution in [2.45, 2.75) is 59.3 Å². The van der Waals surface area contributed by atoms with Crippen LogP contribution in [-0.2, 0) is 16.0 Å². The molecule has 1 saturated heterocycles. The zero-order chi connectivity index (χ0) is 22.1. The van der Waals surface area contributed by atoms with Crippen LogP contribution in [-0.4, -0.2) is 63.9 Å². The van der Waals surface area contributed by atoms with E-state index in [1.807, 2.05) is 59.7 Å². The second-order valence-corrected chi connectivity index (χ2v) is 9.80. The molecule has 7 nitrogen and oxygen atoms in total. The monoisotopic (exact) mass is 415 g/mol. The topological polar surface area (TPSA) is 64.0 Å². The van der Waals surface area contributed by atoms with Crippen molar-refractivity contribution in [1.29, 1.82) is 0 Å². The second kappa shape index (κ2) is 8.30. The predicted molar refractivity (Wildman–Crippen MR) is 117 cm³/mol. The van der Waals surface area contributed by atoms with Gasteiger partial charge in [-0.1, -0.05) is 6.07 Å². The van der Waals surface area contributed by atoms with Gasteiger partial charge in [0.2, 0.25) is 0 Å². The third-order valence-electron chi connectivity index (χ3n) is 4.78. The van der Waals surface area contributed by atoms with Crippen molar-refractivity contribution in [3.63, 3.8) is 0 Å². The minimum atomic E-state index is -0.533. The molecule has 2 heterocycles. The molecule has 3 rings (SSSR count). The number of carbonyl (C=O) groups is 2. The van der Waals surface area contributed by atoms with Crippen molar-refractivity contribution in [2.75, 3.05) is 26.2 Å². The largest absolute Gasteiger partial charge is 0.444 e. The van der Waals surface area contributed by atoms with Gasteiger partial charge >= 0.3 is 12.2 Å². The fourth-order valence-electron chi connectivity index (χ4n) is 3.43. The number of rotatable bonds is 2. The normalized spacial score (nSPS) is 16.0. The number of aromatic nitrogens is 1. The lowest BCUT2D eigenvalue weighted by atomic mass is 10.1. The number of amides is 1. The summed E-state index contributed by atoms with van der Waals surface area (Å²) in [7, 11) is 0. The van der Waals surface area contributed by atoms with Gasteiger partial charge in [-0.05, 0) is 65.3 Å². The highest BCUT2D eigenvalue weighted by molar-refractivity contribution is 5.89. The second-order valence-electron chi connectivity index (χ2n) is 9.80. The number of piperazine rings is 1. The van der Waals surface area contributed by atoms with E-state index >= 15 is 0 Å². The molecule has 0 spiro atoms. The van der Waals surface area contributed by atoms with Crippen LogP contribution in [0.3, 0.4) is 0 Å². The summed E-state index contributed by atoms with van der Waals surface area (Å²) in [6, 6.07) is 8.05. The Morgan fingerprint density at radius 1 is 0.867 bits per heavy atom. The molecule has 2 aromatic rings. The average molecular weight is 416 g/mol. The Morgan fingerprint density at radius 3 is 2.07 bits per heavy atom. The van der Waals surface area contributed by atoms with Crippen LogP contribution < -0.4 is 0 Å². The summed E-state index contributed by atoms with van der Waals surface area (Å²) in [5.74, 6) is 0. The van der Waals surface area contributed by atoms with Gasteiger partial charge in [-0.25, -0.2) is 9.59 Å². The third-order valence-corrected chi connectivity index (χ3v) is 4.78. The summed E-state index contributed by atoms with van der Waals surface area (Å²) in [6.45, 7) is 14.9. The summed E-state index contributed by atoms with van der Waals surface area (Å²) in [5.41, 5.74) is 1.01. The number of benzene rings is 1. The minimum Gasteiger partial charge on any atom is -0.444 e. The Labute approximate surface area is 178 Å². The quantitative estimate of drug-likeness (QED) is 0.724. The number of hydrogen-bond acceptors (Lipinski definition) is 5. The van der Waals surface area contributed by atoms with Crippen molar-refractivity contribution < 1.29 is 19.1 Å². The molecule has 1 aliphatic rings. The smallest absolute Gasteiger partial charge is 0.418 e. The van der Waals surface area contributed by atoms with Crippen LogP contribution in [0.25, 0.3) is 10.9 Å². The lowest BCUT2D eigenvalue weighted by Gasteiger charge is -2.35. The maximum absolute atomic E-state index is 12.4. The van der Waals surface area contributed by atoms with Crippen LogP contribution >= 0.6 is 0 Å². The van der Waals surface area contributed by atoms with Gasteiger partial charge in [0, 0.05) is 44.3 Å². The van der Waals surface area contributed by atoms with Gasteiger partial charge < -0.3 is 14.4 Å². The minimum absolute atomic E-state index is 0.243. The van der Waals surface area contributed by atoms with E-state index in [2.05, 4.69) is 11.0 Å². The maximum atomic E-state index is 12.4.